The largest absolute Gasteiger partial charge is 0.497 e. The molecular weight excluding hydrogens is 430 g/mol. The summed E-state index contributed by atoms with van der Waals surface area (Å²) in [5, 5.41) is 3.13. The normalized spacial score (nSPS) is 24.6. The zero-order valence-electron chi connectivity index (χ0n) is 21.1. The second kappa shape index (κ2) is 11.0. The van der Waals surface area contributed by atoms with Gasteiger partial charge in [0.05, 0.1) is 14.2 Å². The Bertz CT molecular complexity index is 843. The molecule has 2 saturated heterocycles. The molecule has 0 bridgehead atoms. The van der Waals surface area contributed by atoms with Gasteiger partial charge in [0.1, 0.15) is 17.0 Å². The number of ether oxygens (including phenoxy) is 2. The van der Waals surface area contributed by atoms with E-state index in [2.05, 4.69) is 10.2 Å². The molecule has 1 aliphatic carbocycles. The molecule has 1 saturated carbocycles. The first kappa shape index (κ1) is 24.8. The first-order valence-electron chi connectivity index (χ1n) is 13.0. The Hall–Kier alpha value is -2.28. The molecule has 1 N–H and O–H groups in total. The molecule has 2 aliphatic heterocycles. The lowest BCUT2D eigenvalue weighted by Gasteiger charge is -2.50. The van der Waals surface area contributed by atoms with E-state index in [1.807, 2.05) is 4.90 Å². The third-order valence-corrected chi connectivity index (χ3v) is 8.26. The highest BCUT2D eigenvalue weighted by molar-refractivity contribution is 6.00. The van der Waals surface area contributed by atoms with Gasteiger partial charge in [-0.1, -0.05) is 25.7 Å². The van der Waals surface area contributed by atoms with E-state index >= 15 is 0 Å². The third kappa shape index (κ3) is 5.19. The summed E-state index contributed by atoms with van der Waals surface area (Å²) in [4.78, 5) is 31.7. The van der Waals surface area contributed by atoms with E-state index in [1.54, 1.807) is 39.3 Å². The molecule has 188 valence electrons. The standard InChI is InChI=1S/C27H41N3O4/c1-20(31)30(19-21-10-9-15-29-14-8-5-11-25(21)29)27(12-6-4-7-13-27)26(32)28-22-16-23(33-2)18-24(17-22)34-3/h16-18,21,25H,4-15,19H2,1-3H3,(H,28,32)/t21-,25+/m1/s1. The van der Waals surface area contributed by atoms with Gasteiger partial charge in [-0.15, -0.1) is 0 Å². The second-order valence-electron chi connectivity index (χ2n) is 10.3. The van der Waals surface area contributed by atoms with Crippen LogP contribution in [0.15, 0.2) is 18.2 Å². The molecule has 1 aromatic carbocycles. The summed E-state index contributed by atoms with van der Waals surface area (Å²) in [6.45, 7) is 4.65. The molecule has 4 rings (SSSR count). The van der Waals surface area contributed by atoms with E-state index in [9.17, 15) is 9.59 Å². The summed E-state index contributed by atoms with van der Waals surface area (Å²) in [5.41, 5.74) is -0.178. The fourth-order valence-corrected chi connectivity index (χ4v) is 6.51. The number of carbonyl (C=O) groups is 2. The number of methoxy groups -OCH3 is 2. The first-order valence-corrected chi connectivity index (χ1v) is 13.0. The van der Waals surface area contributed by atoms with Crippen LogP contribution in [0, 0.1) is 5.92 Å². The molecule has 7 nitrogen and oxygen atoms in total. The van der Waals surface area contributed by atoms with Crippen LogP contribution in [0.1, 0.15) is 71.1 Å². The molecule has 1 aromatic rings. The van der Waals surface area contributed by atoms with Crippen molar-refractivity contribution in [2.24, 2.45) is 5.92 Å². The predicted octanol–water partition coefficient (Wildman–Crippen LogP) is 4.46. The van der Waals surface area contributed by atoms with Crippen LogP contribution < -0.4 is 14.8 Å². The molecule has 34 heavy (non-hydrogen) atoms. The topological polar surface area (TPSA) is 71.1 Å². The van der Waals surface area contributed by atoms with Crippen LogP contribution in [0.3, 0.4) is 0 Å². The van der Waals surface area contributed by atoms with Crippen LogP contribution in [-0.4, -0.2) is 67.0 Å². The summed E-state index contributed by atoms with van der Waals surface area (Å²) >= 11 is 0. The van der Waals surface area contributed by atoms with Crippen molar-refractivity contribution in [1.82, 2.24) is 9.80 Å². The van der Waals surface area contributed by atoms with E-state index in [-0.39, 0.29) is 11.8 Å². The van der Waals surface area contributed by atoms with Gasteiger partial charge < -0.3 is 24.6 Å². The zero-order chi connectivity index (χ0) is 24.1. The lowest BCUT2D eigenvalue weighted by molar-refractivity contribution is -0.148. The first-order chi connectivity index (χ1) is 16.5. The van der Waals surface area contributed by atoms with Gasteiger partial charge in [0.15, 0.2) is 0 Å². The quantitative estimate of drug-likeness (QED) is 0.636. The molecule has 2 atom stereocenters. The number of anilines is 1. The monoisotopic (exact) mass is 471 g/mol. The van der Waals surface area contributed by atoms with E-state index < -0.39 is 5.54 Å². The summed E-state index contributed by atoms with van der Waals surface area (Å²) in [6, 6.07) is 5.93. The summed E-state index contributed by atoms with van der Waals surface area (Å²) < 4.78 is 10.8. The maximum absolute atomic E-state index is 14.0. The molecular formula is C27H41N3O4. The van der Waals surface area contributed by atoms with Crippen molar-refractivity contribution < 1.29 is 19.1 Å². The smallest absolute Gasteiger partial charge is 0.250 e. The Morgan fingerprint density at radius 1 is 0.971 bits per heavy atom. The maximum Gasteiger partial charge on any atom is 0.250 e. The summed E-state index contributed by atoms with van der Waals surface area (Å²) in [7, 11) is 3.19. The Balaban J connectivity index is 1.60. The van der Waals surface area contributed by atoms with Crippen LogP contribution in [0.5, 0.6) is 11.5 Å². The van der Waals surface area contributed by atoms with Crippen LogP contribution in [-0.2, 0) is 9.59 Å². The maximum atomic E-state index is 14.0. The van der Waals surface area contributed by atoms with Crippen LogP contribution in [0.4, 0.5) is 5.69 Å². The van der Waals surface area contributed by atoms with Crippen LogP contribution >= 0.6 is 0 Å². The Labute approximate surface area is 204 Å². The van der Waals surface area contributed by atoms with E-state index in [0.717, 1.165) is 25.7 Å². The van der Waals surface area contributed by atoms with E-state index in [0.29, 0.717) is 48.5 Å². The van der Waals surface area contributed by atoms with Gasteiger partial charge in [0.2, 0.25) is 11.8 Å². The van der Waals surface area contributed by atoms with Gasteiger partial charge >= 0.3 is 0 Å². The molecule has 0 aromatic heterocycles. The van der Waals surface area contributed by atoms with Gasteiger partial charge in [0, 0.05) is 43.4 Å². The van der Waals surface area contributed by atoms with Crippen molar-refractivity contribution >= 4 is 17.5 Å². The van der Waals surface area contributed by atoms with Crippen molar-refractivity contribution in [2.75, 3.05) is 39.2 Å². The molecule has 2 amide bonds. The van der Waals surface area contributed by atoms with Gasteiger partial charge in [-0.3, -0.25) is 9.59 Å². The molecule has 0 spiro atoms. The SMILES string of the molecule is COc1cc(NC(=O)C2(N(C[C@H]3CCCN4CCCC[C@@H]34)C(C)=O)CCCCC2)cc(OC)c1. The van der Waals surface area contributed by atoms with Crippen molar-refractivity contribution in [3.05, 3.63) is 18.2 Å². The number of hydrogen-bond donors (Lipinski definition) is 1. The van der Waals surface area contributed by atoms with Gasteiger partial charge in [-0.25, -0.2) is 0 Å². The second-order valence-corrected chi connectivity index (χ2v) is 10.3. The van der Waals surface area contributed by atoms with Crippen molar-refractivity contribution in [3.63, 3.8) is 0 Å². The number of amides is 2. The van der Waals surface area contributed by atoms with E-state index in [1.165, 1.54) is 38.8 Å². The van der Waals surface area contributed by atoms with Crippen LogP contribution in [0.25, 0.3) is 0 Å². The summed E-state index contributed by atoms with van der Waals surface area (Å²) in [5.74, 6) is 1.59. The molecule has 3 aliphatic rings. The van der Waals surface area contributed by atoms with E-state index in [4.69, 9.17) is 9.47 Å². The summed E-state index contributed by atoms with van der Waals surface area (Å²) in [6.07, 6.45) is 10.5. The van der Waals surface area contributed by atoms with Crippen molar-refractivity contribution in [1.29, 1.82) is 0 Å². The fourth-order valence-electron chi connectivity index (χ4n) is 6.51. The molecule has 0 unspecified atom stereocenters. The highest BCUT2D eigenvalue weighted by Gasteiger charge is 2.48. The molecule has 2 heterocycles. The number of carbonyl (C=O) groups excluding carboxylic acids is 2. The Kier molecular flexibility index (Phi) is 8.02. The Morgan fingerprint density at radius 2 is 1.65 bits per heavy atom. The molecule has 3 fully saturated rings. The minimum Gasteiger partial charge on any atom is -0.497 e. The molecule has 0 radical (unpaired) electrons. The number of hydrogen-bond acceptors (Lipinski definition) is 5. The van der Waals surface area contributed by atoms with Gasteiger partial charge in [-0.2, -0.15) is 0 Å². The van der Waals surface area contributed by atoms with Crippen molar-refractivity contribution in [2.45, 2.75) is 82.7 Å². The van der Waals surface area contributed by atoms with Gasteiger partial charge in [0.25, 0.3) is 0 Å². The highest BCUT2D eigenvalue weighted by atomic mass is 16.5. The average Bonchev–Trinajstić information content (AvgIpc) is 2.87. The third-order valence-electron chi connectivity index (χ3n) is 8.26. The Morgan fingerprint density at radius 3 is 2.29 bits per heavy atom. The number of rotatable bonds is 7. The lowest BCUT2D eigenvalue weighted by Crippen LogP contribution is -2.62. The zero-order valence-corrected chi connectivity index (χ0v) is 21.1. The number of fused-ring (bicyclic) bond motifs is 1. The number of nitrogens with one attached hydrogen (secondary N) is 1. The minimum absolute atomic E-state index is 0.00760. The van der Waals surface area contributed by atoms with Crippen molar-refractivity contribution in [3.8, 4) is 11.5 Å². The molecule has 7 heteroatoms. The minimum atomic E-state index is -0.808. The highest BCUT2D eigenvalue weighted by Crippen LogP contribution is 2.39. The number of piperidine rings is 2. The van der Waals surface area contributed by atoms with Crippen LogP contribution in [0.2, 0.25) is 0 Å². The fraction of sp³-hybridized carbons (Fsp3) is 0.704. The number of nitrogens with zero attached hydrogens (tertiary/aromatic N) is 2. The predicted molar refractivity (Wildman–Crippen MR) is 133 cm³/mol. The average molecular weight is 472 g/mol. The number of benzene rings is 1. The lowest BCUT2D eigenvalue weighted by atomic mass is 9.77. The van der Waals surface area contributed by atoms with Gasteiger partial charge in [-0.05, 0) is 57.5 Å².